The highest BCUT2D eigenvalue weighted by atomic mass is 19.4. The van der Waals surface area contributed by atoms with Gasteiger partial charge in [-0.2, -0.15) is 31.4 Å². The molecule has 0 unspecified atom stereocenters. The first-order valence-electron chi connectivity index (χ1n) is 12.1. The number of fused-ring (bicyclic) bond motifs is 1. The number of rotatable bonds is 9. The Morgan fingerprint density at radius 2 is 1.77 bits per heavy atom. The minimum Gasteiger partial charge on any atom is -0.481 e. The number of alkyl halides is 6. The van der Waals surface area contributed by atoms with E-state index in [9.17, 15) is 35.5 Å². The quantitative estimate of drug-likeness (QED) is 0.309. The Bertz CT molecular complexity index is 1330. The zero-order valence-electron chi connectivity index (χ0n) is 20.5. The molecule has 2 heterocycles. The van der Waals surface area contributed by atoms with Gasteiger partial charge in [0.25, 0.3) is 0 Å². The largest absolute Gasteiger partial charge is 0.481 e. The van der Waals surface area contributed by atoms with Crippen molar-refractivity contribution in [2.45, 2.75) is 51.1 Å². The van der Waals surface area contributed by atoms with E-state index in [1.165, 1.54) is 12.1 Å². The van der Waals surface area contributed by atoms with E-state index in [2.05, 4.69) is 10.4 Å². The van der Waals surface area contributed by atoms with Gasteiger partial charge in [0.1, 0.15) is 11.5 Å². The SMILES string of the molecule is O=C(O)CCc1ccc(NCc2cccc3c2CCCN3CCn2nc(C(F)(F)F)cc2C(F)(F)F)cc1F. The molecule has 39 heavy (non-hydrogen) atoms. The van der Waals surface area contributed by atoms with Gasteiger partial charge in [0.2, 0.25) is 0 Å². The predicted octanol–water partition coefficient (Wildman–Crippen LogP) is 6.14. The Kier molecular flexibility index (Phi) is 8.07. The molecule has 0 saturated heterocycles. The highest BCUT2D eigenvalue weighted by Crippen LogP contribution is 2.36. The zero-order chi connectivity index (χ0) is 28.4. The van der Waals surface area contributed by atoms with Crippen molar-refractivity contribution >= 4 is 17.3 Å². The van der Waals surface area contributed by atoms with Crippen LogP contribution >= 0.6 is 0 Å². The number of nitrogens with one attached hydrogen (secondary N) is 1. The van der Waals surface area contributed by atoms with Crippen LogP contribution < -0.4 is 10.2 Å². The number of anilines is 2. The van der Waals surface area contributed by atoms with Gasteiger partial charge in [0.05, 0.1) is 6.54 Å². The fourth-order valence-electron chi connectivity index (χ4n) is 4.64. The number of hydrogen-bond acceptors (Lipinski definition) is 4. The number of aliphatic carboxylic acids is 1. The lowest BCUT2D eigenvalue weighted by Gasteiger charge is -2.33. The van der Waals surface area contributed by atoms with Gasteiger partial charge in [-0.25, -0.2) is 4.39 Å². The lowest BCUT2D eigenvalue weighted by molar-refractivity contribution is -0.144. The molecule has 0 atom stereocenters. The minimum atomic E-state index is -4.99. The number of carboxylic acids is 1. The first kappa shape index (κ1) is 28.2. The number of hydrogen-bond donors (Lipinski definition) is 2. The molecular weight excluding hydrogens is 533 g/mol. The number of carbonyl (C=O) groups is 1. The maximum atomic E-state index is 14.4. The number of nitrogens with zero attached hydrogens (tertiary/aromatic N) is 3. The highest BCUT2D eigenvalue weighted by Gasteiger charge is 2.41. The number of benzene rings is 2. The molecule has 1 aromatic heterocycles. The Morgan fingerprint density at radius 3 is 2.44 bits per heavy atom. The summed E-state index contributed by atoms with van der Waals surface area (Å²) in [5.74, 6) is -1.54. The molecule has 13 heteroatoms. The van der Waals surface area contributed by atoms with Gasteiger partial charge in [-0.15, -0.1) is 0 Å². The van der Waals surface area contributed by atoms with Gasteiger partial charge < -0.3 is 15.3 Å². The van der Waals surface area contributed by atoms with E-state index >= 15 is 0 Å². The third-order valence-corrected chi connectivity index (χ3v) is 6.53. The van der Waals surface area contributed by atoms with E-state index in [0.29, 0.717) is 41.9 Å². The van der Waals surface area contributed by atoms with Crippen molar-refractivity contribution in [3.63, 3.8) is 0 Å². The van der Waals surface area contributed by atoms with E-state index in [1.807, 2.05) is 17.0 Å². The van der Waals surface area contributed by atoms with Crippen molar-refractivity contribution in [1.29, 1.82) is 0 Å². The van der Waals surface area contributed by atoms with Gasteiger partial charge >= 0.3 is 18.3 Å². The second-order valence-electron chi connectivity index (χ2n) is 9.19. The Morgan fingerprint density at radius 1 is 1.00 bits per heavy atom. The average molecular weight is 558 g/mol. The second kappa shape index (κ2) is 11.1. The summed E-state index contributed by atoms with van der Waals surface area (Å²) < 4.78 is 93.8. The summed E-state index contributed by atoms with van der Waals surface area (Å²) >= 11 is 0. The second-order valence-corrected chi connectivity index (χ2v) is 9.19. The van der Waals surface area contributed by atoms with Crippen LogP contribution in [0.2, 0.25) is 0 Å². The van der Waals surface area contributed by atoms with E-state index in [1.54, 1.807) is 12.1 Å². The standard InChI is InChI=1S/C26H25F7N4O2/c27-20-13-18(8-6-16(20)7-9-24(38)39)34-15-17-3-1-5-21-19(17)4-2-10-36(21)11-12-37-23(26(31,32)33)14-22(35-37)25(28,29)30/h1,3,5-6,8,13-14,34H,2,4,7,9-12,15H2,(H,38,39). The van der Waals surface area contributed by atoms with Crippen LogP contribution in [0, 0.1) is 5.82 Å². The zero-order valence-corrected chi connectivity index (χ0v) is 20.5. The van der Waals surface area contributed by atoms with Crippen LogP contribution in [0.4, 0.5) is 42.1 Å². The summed E-state index contributed by atoms with van der Waals surface area (Å²) in [7, 11) is 0. The summed E-state index contributed by atoms with van der Waals surface area (Å²) in [4.78, 5) is 12.6. The molecule has 2 N–H and O–H groups in total. The molecule has 0 aliphatic carbocycles. The first-order valence-corrected chi connectivity index (χ1v) is 12.1. The van der Waals surface area contributed by atoms with Crippen molar-refractivity contribution in [3.8, 4) is 0 Å². The first-order chi connectivity index (χ1) is 18.3. The Balaban J connectivity index is 1.47. The van der Waals surface area contributed by atoms with Crippen LogP contribution in [0.15, 0.2) is 42.5 Å². The fraction of sp³-hybridized carbons (Fsp3) is 0.385. The van der Waals surface area contributed by atoms with Crippen molar-refractivity contribution in [1.82, 2.24) is 9.78 Å². The molecule has 4 rings (SSSR count). The summed E-state index contributed by atoms with van der Waals surface area (Å²) in [5.41, 5.74) is 0.358. The van der Waals surface area contributed by atoms with E-state index in [4.69, 9.17) is 5.11 Å². The van der Waals surface area contributed by atoms with E-state index < -0.39 is 35.5 Å². The smallest absolute Gasteiger partial charge is 0.435 e. The molecule has 0 bridgehead atoms. The average Bonchev–Trinajstić information content (AvgIpc) is 3.31. The Labute approximate surface area is 219 Å². The summed E-state index contributed by atoms with van der Waals surface area (Å²) in [6, 6.07) is 9.95. The topological polar surface area (TPSA) is 70.4 Å². The van der Waals surface area contributed by atoms with Crippen LogP contribution in [-0.4, -0.2) is 33.9 Å². The number of aromatic nitrogens is 2. The van der Waals surface area contributed by atoms with Gasteiger partial charge in [-0.3, -0.25) is 9.48 Å². The van der Waals surface area contributed by atoms with Crippen molar-refractivity contribution in [2.24, 2.45) is 0 Å². The highest BCUT2D eigenvalue weighted by molar-refractivity contribution is 5.67. The Hall–Kier alpha value is -3.77. The summed E-state index contributed by atoms with van der Waals surface area (Å²) in [5, 5.41) is 15.1. The number of carboxylic acid groups (broad SMARTS) is 1. The molecule has 0 saturated carbocycles. The molecule has 1 aliphatic rings. The minimum absolute atomic E-state index is 0.0228. The molecular formula is C26H25F7N4O2. The van der Waals surface area contributed by atoms with E-state index in [-0.39, 0.29) is 32.0 Å². The van der Waals surface area contributed by atoms with Crippen LogP contribution in [0.1, 0.15) is 40.9 Å². The normalized spacial score (nSPS) is 13.9. The monoisotopic (exact) mass is 558 g/mol. The number of halogens is 7. The maximum Gasteiger partial charge on any atom is 0.435 e. The van der Waals surface area contributed by atoms with Gasteiger partial charge in [0, 0.05) is 43.5 Å². The lowest BCUT2D eigenvalue weighted by Crippen LogP contribution is -2.34. The molecule has 1 aliphatic heterocycles. The van der Waals surface area contributed by atoms with Crippen molar-refractivity contribution in [3.05, 3.63) is 76.4 Å². The van der Waals surface area contributed by atoms with Crippen molar-refractivity contribution < 1.29 is 40.6 Å². The third-order valence-electron chi connectivity index (χ3n) is 6.53. The third kappa shape index (κ3) is 6.82. The molecule has 3 aromatic rings. The molecule has 210 valence electrons. The molecule has 0 radical (unpaired) electrons. The summed E-state index contributed by atoms with van der Waals surface area (Å²) in [6.45, 7) is 0.480. The van der Waals surface area contributed by atoms with Gasteiger partial charge in [-0.1, -0.05) is 18.2 Å². The number of aryl methyl sites for hydroxylation is 1. The van der Waals surface area contributed by atoms with Gasteiger partial charge in [-0.05, 0) is 54.2 Å². The maximum absolute atomic E-state index is 14.4. The van der Waals surface area contributed by atoms with Crippen LogP contribution in [0.25, 0.3) is 0 Å². The molecule has 2 aromatic carbocycles. The van der Waals surface area contributed by atoms with Crippen LogP contribution in [0.3, 0.4) is 0 Å². The van der Waals surface area contributed by atoms with Gasteiger partial charge in [0.15, 0.2) is 5.69 Å². The van der Waals surface area contributed by atoms with E-state index in [0.717, 1.165) is 16.8 Å². The van der Waals surface area contributed by atoms with Crippen LogP contribution in [-0.2, 0) is 43.1 Å². The molecule has 6 nitrogen and oxygen atoms in total. The fourth-order valence-corrected chi connectivity index (χ4v) is 4.64. The van der Waals surface area contributed by atoms with Crippen LogP contribution in [0.5, 0.6) is 0 Å². The predicted molar refractivity (Wildman–Crippen MR) is 129 cm³/mol. The molecule has 0 spiro atoms. The molecule has 0 amide bonds. The van der Waals surface area contributed by atoms with Crippen molar-refractivity contribution in [2.75, 3.05) is 23.3 Å². The lowest BCUT2D eigenvalue weighted by atomic mass is 9.96. The summed E-state index contributed by atoms with van der Waals surface area (Å²) in [6.07, 6.45) is -8.70. The molecule has 0 fully saturated rings.